The van der Waals surface area contributed by atoms with Crippen LogP contribution in [0.15, 0.2) is 0 Å². The second kappa shape index (κ2) is 5.49. The van der Waals surface area contributed by atoms with Crippen molar-refractivity contribution in [1.82, 2.24) is 4.90 Å². The summed E-state index contributed by atoms with van der Waals surface area (Å²) in [7, 11) is 0. The lowest BCUT2D eigenvalue weighted by molar-refractivity contribution is -0.151. The third-order valence-electron chi connectivity index (χ3n) is 4.04. The van der Waals surface area contributed by atoms with E-state index in [1.165, 1.54) is 4.90 Å². The Hall–Kier alpha value is -1.10. The number of rotatable bonds is 3. The molecule has 19 heavy (non-hydrogen) atoms. The summed E-state index contributed by atoms with van der Waals surface area (Å²) in [5, 5.41) is 9.40. The van der Waals surface area contributed by atoms with Crippen molar-refractivity contribution in [2.24, 2.45) is 23.0 Å². The number of carboxylic acids is 1. The molecule has 0 aliphatic carbocycles. The molecule has 1 aliphatic rings. The Kier molecular flexibility index (Phi) is 4.61. The highest BCUT2D eigenvalue weighted by atomic mass is 16.4. The first-order chi connectivity index (χ1) is 8.57. The fourth-order valence-electron chi connectivity index (χ4n) is 2.63. The topological polar surface area (TPSA) is 83.6 Å². The van der Waals surface area contributed by atoms with Crippen molar-refractivity contribution in [1.29, 1.82) is 0 Å². The van der Waals surface area contributed by atoms with Gasteiger partial charge in [-0.2, -0.15) is 0 Å². The van der Waals surface area contributed by atoms with Crippen molar-refractivity contribution < 1.29 is 14.7 Å². The lowest BCUT2D eigenvalue weighted by Gasteiger charge is -2.33. The molecule has 0 spiro atoms. The minimum Gasteiger partial charge on any atom is -0.480 e. The van der Waals surface area contributed by atoms with Crippen LogP contribution in [0.3, 0.4) is 0 Å². The largest absolute Gasteiger partial charge is 0.480 e. The zero-order chi connectivity index (χ0) is 15.0. The quantitative estimate of drug-likeness (QED) is 0.810. The zero-order valence-electron chi connectivity index (χ0n) is 12.5. The van der Waals surface area contributed by atoms with E-state index in [1.807, 2.05) is 34.6 Å². The molecule has 0 bridgehead atoms. The molecule has 0 aromatic carbocycles. The molecular weight excluding hydrogens is 244 g/mol. The predicted octanol–water partition coefficient (Wildman–Crippen LogP) is 1.32. The Morgan fingerprint density at radius 2 is 1.84 bits per heavy atom. The van der Waals surface area contributed by atoms with Gasteiger partial charge in [-0.1, -0.05) is 34.6 Å². The Bertz CT molecular complexity index is 360. The van der Waals surface area contributed by atoms with Gasteiger partial charge in [0.2, 0.25) is 5.91 Å². The average Bonchev–Trinajstić information content (AvgIpc) is 2.70. The number of carbonyl (C=O) groups is 2. The molecule has 110 valence electrons. The van der Waals surface area contributed by atoms with Gasteiger partial charge in [-0.3, -0.25) is 4.79 Å². The summed E-state index contributed by atoms with van der Waals surface area (Å²) in [6, 6.07) is -1.40. The van der Waals surface area contributed by atoms with E-state index in [9.17, 15) is 14.7 Å². The highest BCUT2D eigenvalue weighted by Gasteiger charge is 2.45. The third kappa shape index (κ3) is 3.26. The molecule has 0 aromatic heterocycles. The molecule has 1 saturated heterocycles. The summed E-state index contributed by atoms with van der Waals surface area (Å²) in [6.45, 7) is 10.2. The molecule has 5 heteroatoms. The van der Waals surface area contributed by atoms with E-state index in [0.717, 1.165) is 6.42 Å². The van der Waals surface area contributed by atoms with Gasteiger partial charge in [-0.05, 0) is 23.7 Å². The molecule has 5 nitrogen and oxygen atoms in total. The molecule has 0 aromatic rings. The van der Waals surface area contributed by atoms with Crippen molar-refractivity contribution in [2.75, 3.05) is 6.54 Å². The number of nitrogens with zero attached hydrogens (tertiary/aromatic N) is 1. The van der Waals surface area contributed by atoms with Gasteiger partial charge in [0.1, 0.15) is 6.04 Å². The Labute approximate surface area is 115 Å². The van der Waals surface area contributed by atoms with Crippen molar-refractivity contribution >= 4 is 11.9 Å². The molecule has 1 amide bonds. The standard InChI is InChI=1S/C14H26N2O3/c1-8(2)9-6-7-16(10(9)13(18)19)12(17)11(15)14(3,4)5/h8-11H,6-7,15H2,1-5H3,(H,18,19)/t9?,10?,11-/m1/s1. The van der Waals surface area contributed by atoms with Crippen LogP contribution in [-0.2, 0) is 9.59 Å². The number of aliphatic carboxylic acids is 1. The highest BCUT2D eigenvalue weighted by molar-refractivity contribution is 5.88. The number of hydrogen-bond donors (Lipinski definition) is 2. The monoisotopic (exact) mass is 270 g/mol. The predicted molar refractivity (Wildman–Crippen MR) is 73.5 cm³/mol. The van der Waals surface area contributed by atoms with E-state index in [1.54, 1.807) is 0 Å². The van der Waals surface area contributed by atoms with Crippen LogP contribution in [0.5, 0.6) is 0 Å². The first-order valence-electron chi connectivity index (χ1n) is 6.86. The maximum Gasteiger partial charge on any atom is 0.326 e. The second-order valence-electron chi connectivity index (χ2n) is 6.85. The fraction of sp³-hybridized carbons (Fsp3) is 0.857. The second-order valence-corrected chi connectivity index (χ2v) is 6.85. The van der Waals surface area contributed by atoms with Gasteiger partial charge >= 0.3 is 5.97 Å². The Morgan fingerprint density at radius 1 is 1.32 bits per heavy atom. The van der Waals surface area contributed by atoms with Crippen molar-refractivity contribution in [3.8, 4) is 0 Å². The minimum absolute atomic E-state index is 0.00798. The molecule has 1 fully saturated rings. The van der Waals surface area contributed by atoms with Gasteiger partial charge < -0.3 is 15.7 Å². The van der Waals surface area contributed by atoms with Gasteiger partial charge in [0.05, 0.1) is 6.04 Å². The highest BCUT2D eigenvalue weighted by Crippen LogP contribution is 2.32. The molecule has 3 atom stereocenters. The lowest BCUT2D eigenvalue weighted by atomic mass is 9.85. The van der Waals surface area contributed by atoms with Crippen LogP contribution in [0.1, 0.15) is 41.0 Å². The van der Waals surface area contributed by atoms with E-state index >= 15 is 0 Å². The van der Waals surface area contributed by atoms with Crippen LogP contribution in [0.4, 0.5) is 0 Å². The van der Waals surface area contributed by atoms with Crippen molar-refractivity contribution in [2.45, 2.75) is 53.1 Å². The van der Waals surface area contributed by atoms with E-state index in [-0.39, 0.29) is 23.2 Å². The summed E-state index contributed by atoms with van der Waals surface area (Å²) in [5.41, 5.74) is 5.61. The summed E-state index contributed by atoms with van der Waals surface area (Å²) in [4.78, 5) is 25.3. The summed E-state index contributed by atoms with van der Waals surface area (Å²) < 4.78 is 0. The molecule has 3 N–H and O–H groups in total. The lowest BCUT2D eigenvalue weighted by Crippen LogP contribution is -2.54. The van der Waals surface area contributed by atoms with Gasteiger partial charge in [0.25, 0.3) is 0 Å². The normalized spacial score (nSPS) is 25.7. The van der Waals surface area contributed by atoms with Crippen LogP contribution in [0.25, 0.3) is 0 Å². The average molecular weight is 270 g/mol. The zero-order valence-corrected chi connectivity index (χ0v) is 12.5. The molecule has 1 aliphatic heterocycles. The maximum absolute atomic E-state index is 12.4. The smallest absolute Gasteiger partial charge is 0.326 e. The van der Waals surface area contributed by atoms with Gasteiger partial charge in [0.15, 0.2) is 0 Å². The fourth-order valence-corrected chi connectivity index (χ4v) is 2.63. The number of amides is 1. The van der Waals surface area contributed by atoms with Gasteiger partial charge in [0, 0.05) is 6.54 Å². The minimum atomic E-state index is -0.925. The van der Waals surface area contributed by atoms with E-state index < -0.39 is 18.1 Å². The van der Waals surface area contributed by atoms with Crippen LogP contribution in [0.2, 0.25) is 0 Å². The summed E-state index contributed by atoms with van der Waals surface area (Å²) in [5.74, 6) is -0.924. The number of hydrogen-bond acceptors (Lipinski definition) is 3. The molecule has 0 saturated carbocycles. The van der Waals surface area contributed by atoms with Crippen molar-refractivity contribution in [3.63, 3.8) is 0 Å². The molecule has 2 unspecified atom stereocenters. The number of carboxylic acid groups (broad SMARTS) is 1. The van der Waals surface area contributed by atoms with E-state index in [2.05, 4.69) is 0 Å². The first-order valence-corrected chi connectivity index (χ1v) is 6.86. The van der Waals surface area contributed by atoms with E-state index in [4.69, 9.17) is 5.73 Å². The number of likely N-dealkylation sites (tertiary alicyclic amines) is 1. The van der Waals surface area contributed by atoms with Gasteiger partial charge in [-0.15, -0.1) is 0 Å². The first kappa shape index (κ1) is 16.0. The van der Waals surface area contributed by atoms with Gasteiger partial charge in [-0.25, -0.2) is 4.79 Å². The van der Waals surface area contributed by atoms with Crippen LogP contribution < -0.4 is 5.73 Å². The SMILES string of the molecule is CC(C)C1CCN(C(=O)[C@@H](N)C(C)(C)C)C1C(=O)O. The Morgan fingerprint density at radius 3 is 2.21 bits per heavy atom. The molecule has 1 rings (SSSR count). The van der Waals surface area contributed by atoms with Crippen molar-refractivity contribution in [3.05, 3.63) is 0 Å². The Balaban J connectivity index is 2.94. The summed E-state index contributed by atoms with van der Waals surface area (Å²) in [6.07, 6.45) is 0.733. The molecule has 0 radical (unpaired) electrons. The molecular formula is C14H26N2O3. The molecule has 1 heterocycles. The van der Waals surface area contributed by atoms with Crippen LogP contribution in [-0.4, -0.2) is 40.5 Å². The summed E-state index contributed by atoms with van der Waals surface area (Å²) >= 11 is 0. The van der Waals surface area contributed by atoms with Crippen LogP contribution >= 0.6 is 0 Å². The number of carbonyl (C=O) groups excluding carboxylic acids is 1. The third-order valence-corrected chi connectivity index (χ3v) is 4.04. The maximum atomic E-state index is 12.4. The van der Waals surface area contributed by atoms with Crippen LogP contribution in [0, 0.1) is 17.3 Å². The van der Waals surface area contributed by atoms with E-state index in [0.29, 0.717) is 6.54 Å². The number of nitrogens with two attached hydrogens (primary N) is 1.